The van der Waals surface area contributed by atoms with Crippen LogP contribution >= 0.6 is 0 Å². The molecule has 5 nitrogen and oxygen atoms in total. The van der Waals surface area contributed by atoms with E-state index in [9.17, 15) is 12.8 Å². The molecule has 0 fully saturated rings. The lowest BCUT2D eigenvalue weighted by atomic mass is 10.2. The summed E-state index contributed by atoms with van der Waals surface area (Å²) < 4.78 is 40.2. The smallest absolute Gasteiger partial charge is 0.241 e. The number of pyridine rings is 1. The summed E-state index contributed by atoms with van der Waals surface area (Å²) in [6, 6.07) is 7.15. The Morgan fingerprint density at radius 2 is 1.95 bits per heavy atom. The van der Waals surface area contributed by atoms with Gasteiger partial charge in [-0.3, -0.25) is 0 Å². The van der Waals surface area contributed by atoms with Crippen molar-refractivity contribution >= 4 is 15.8 Å². The third-order valence-electron chi connectivity index (χ3n) is 3.16. The van der Waals surface area contributed by atoms with Crippen molar-refractivity contribution in [3.05, 3.63) is 53.5 Å². The highest BCUT2D eigenvalue weighted by Crippen LogP contribution is 2.17. The van der Waals surface area contributed by atoms with Crippen LogP contribution in [0.2, 0.25) is 0 Å². The van der Waals surface area contributed by atoms with Crippen molar-refractivity contribution in [3.8, 4) is 0 Å². The first-order valence-corrected chi connectivity index (χ1v) is 8.16. The largest absolute Gasteiger partial charge is 0.363 e. The van der Waals surface area contributed by atoms with Gasteiger partial charge in [-0.15, -0.1) is 0 Å². The van der Waals surface area contributed by atoms with Crippen molar-refractivity contribution in [1.82, 2.24) is 9.71 Å². The number of hydrogen-bond donors (Lipinski definition) is 1. The second kappa shape index (κ2) is 6.41. The van der Waals surface area contributed by atoms with Gasteiger partial charge < -0.3 is 4.90 Å². The topological polar surface area (TPSA) is 62.3 Å². The van der Waals surface area contributed by atoms with Crippen LogP contribution in [0.1, 0.15) is 11.1 Å². The Labute approximate surface area is 129 Å². The molecule has 0 aliphatic rings. The van der Waals surface area contributed by atoms with E-state index in [1.807, 2.05) is 19.0 Å². The monoisotopic (exact) mass is 323 g/mol. The van der Waals surface area contributed by atoms with Crippen molar-refractivity contribution < 1.29 is 12.8 Å². The van der Waals surface area contributed by atoms with Crippen LogP contribution < -0.4 is 9.62 Å². The van der Waals surface area contributed by atoms with Gasteiger partial charge in [-0.25, -0.2) is 22.5 Å². The van der Waals surface area contributed by atoms with Crippen LogP contribution in [0.25, 0.3) is 0 Å². The number of hydrogen-bond acceptors (Lipinski definition) is 4. The fourth-order valence-electron chi connectivity index (χ4n) is 1.99. The van der Waals surface area contributed by atoms with Crippen LogP contribution in [-0.2, 0) is 16.6 Å². The van der Waals surface area contributed by atoms with E-state index < -0.39 is 15.8 Å². The molecule has 0 aliphatic carbocycles. The molecule has 0 atom stereocenters. The molecule has 0 spiro atoms. The number of halogens is 1. The van der Waals surface area contributed by atoms with Gasteiger partial charge in [-0.1, -0.05) is 0 Å². The molecule has 0 aliphatic heterocycles. The van der Waals surface area contributed by atoms with E-state index in [-0.39, 0.29) is 11.4 Å². The van der Waals surface area contributed by atoms with Gasteiger partial charge in [0, 0.05) is 26.8 Å². The Morgan fingerprint density at radius 3 is 2.59 bits per heavy atom. The normalized spacial score (nSPS) is 11.5. The average molecular weight is 323 g/mol. The lowest BCUT2D eigenvalue weighted by molar-refractivity contribution is 0.579. The van der Waals surface area contributed by atoms with E-state index in [0.717, 1.165) is 17.4 Å². The number of benzene rings is 1. The van der Waals surface area contributed by atoms with Crippen LogP contribution in [0.3, 0.4) is 0 Å². The summed E-state index contributed by atoms with van der Waals surface area (Å²) in [7, 11) is 0.0289. The van der Waals surface area contributed by atoms with Gasteiger partial charge in [0.2, 0.25) is 10.0 Å². The van der Waals surface area contributed by atoms with Gasteiger partial charge in [0.1, 0.15) is 11.6 Å². The number of rotatable bonds is 5. The Balaban J connectivity index is 2.18. The Hall–Kier alpha value is -1.99. The quantitative estimate of drug-likeness (QED) is 0.915. The van der Waals surface area contributed by atoms with Crippen molar-refractivity contribution in [3.63, 3.8) is 0 Å². The Morgan fingerprint density at radius 1 is 1.23 bits per heavy atom. The molecule has 0 unspecified atom stereocenters. The first kappa shape index (κ1) is 16.4. The maximum atomic E-state index is 13.1. The lowest BCUT2D eigenvalue weighted by Crippen LogP contribution is -2.24. The highest BCUT2D eigenvalue weighted by Gasteiger charge is 2.17. The molecule has 2 rings (SSSR count). The maximum absolute atomic E-state index is 13.1. The lowest BCUT2D eigenvalue weighted by Gasteiger charge is -2.13. The van der Waals surface area contributed by atoms with E-state index >= 15 is 0 Å². The molecule has 1 aromatic carbocycles. The van der Waals surface area contributed by atoms with Crippen LogP contribution in [-0.4, -0.2) is 27.5 Å². The maximum Gasteiger partial charge on any atom is 0.241 e. The number of aromatic nitrogens is 1. The predicted molar refractivity (Wildman–Crippen MR) is 83.7 cm³/mol. The number of nitrogens with one attached hydrogen (secondary N) is 1. The summed E-state index contributed by atoms with van der Waals surface area (Å²) >= 11 is 0. The van der Waals surface area contributed by atoms with Gasteiger partial charge in [0.05, 0.1) is 4.90 Å². The molecule has 0 amide bonds. The summed E-state index contributed by atoms with van der Waals surface area (Å²) in [4.78, 5) is 6.09. The van der Waals surface area contributed by atoms with Crippen molar-refractivity contribution in [2.75, 3.05) is 19.0 Å². The SMILES string of the molecule is Cc1cc(F)ccc1S(=O)(=O)NCc1ccnc(N(C)C)c1. The molecule has 2 aromatic rings. The van der Waals surface area contributed by atoms with Crippen molar-refractivity contribution in [2.24, 2.45) is 0 Å². The molecule has 0 saturated heterocycles. The third kappa shape index (κ3) is 3.80. The van der Waals surface area contributed by atoms with Gasteiger partial charge in [0.25, 0.3) is 0 Å². The highest BCUT2D eigenvalue weighted by molar-refractivity contribution is 7.89. The third-order valence-corrected chi connectivity index (χ3v) is 4.72. The predicted octanol–water partition coefficient (Wildman–Crippen LogP) is 2.07. The van der Waals surface area contributed by atoms with Crippen LogP contribution in [0.5, 0.6) is 0 Å². The van der Waals surface area contributed by atoms with E-state index in [2.05, 4.69) is 9.71 Å². The number of aryl methyl sites for hydroxylation is 1. The average Bonchev–Trinajstić information content (AvgIpc) is 2.45. The number of sulfonamides is 1. The van der Waals surface area contributed by atoms with Gasteiger partial charge >= 0.3 is 0 Å². The minimum atomic E-state index is -3.69. The number of nitrogens with zero attached hydrogens (tertiary/aromatic N) is 2. The summed E-state index contributed by atoms with van der Waals surface area (Å²) in [6.07, 6.45) is 1.63. The minimum absolute atomic E-state index is 0.0794. The first-order chi connectivity index (χ1) is 10.3. The minimum Gasteiger partial charge on any atom is -0.363 e. The van der Waals surface area contributed by atoms with Gasteiger partial charge in [0.15, 0.2) is 0 Å². The fourth-order valence-corrected chi connectivity index (χ4v) is 3.23. The molecule has 1 heterocycles. The molecule has 22 heavy (non-hydrogen) atoms. The molecule has 0 radical (unpaired) electrons. The summed E-state index contributed by atoms with van der Waals surface area (Å²) in [5, 5.41) is 0. The Kier molecular flexibility index (Phi) is 4.77. The van der Waals surface area contributed by atoms with Gasteiger partial charge in [-0.05, 0) is 48.4 Å². The zero-order valence-corrected chi connectivity index (χ0v) is 13.5. The summed E-state index contributed by atoms with van der Waals surface area (Å²) in [5.41, 5.74) is 1.17. The second-order valence-corrected chi connectivity index (χ2v) is 6.89. The molecule has 1 aromatic heterocycles. The van der Waals surface area contributed by atoms with Crippen LogP contribution in [0.15, 0.2) is 41.4 Å². The van der Waals surface area contributed by atoms with E-state index in [0.29, 0.717) is 5.56 Å². The van der Waals surface area contributed by atoms with Gasteiger partial charge in [-0.2, -0.15) is 0 Å². The van der Waals surface area contributed by atoms with E-state index in [4.69, 9.17) is 0 Å². The van der Waals surface area contributed by atoms with Crippen molar-refractivity contribution in [1.29, 1.82) is 0 Å². The highest BCUT2D eigenvalue weighted by atomic mass is 32.2. The Bertz CT molecular complexity index is 776. The molecular weight excluding hydrogens is 305 g/mol. The van der Waals surface area contributed by atoms with E-state index in [1.54, 1.807) is 25.3 Å². The van der Waals surface area contributed by atoms with Crippen LogP contribution in [0, 0.1) is 12.7 Å². The summed E-state index contributed by atoms with van der Waals surface area (Å²) in [5.74, 6) is 0.288. The molecule has 7 heteroatoms. The number of anilines is 1. The standard InChI is InChI=1S/C15H18FN3O2S/c1-11-8-13(16)4-5-14(11)22(20,21)18-10-12-6-7-17-15(9-12)19(2)3/h4-9,18H,10H2,1-3H3. The fraction of sp³-hybridized carbons (Fsp3) is 0.267. The van der Waals surface area contributed by atoms with E-state index in [1.165, 1.54) is 12.1 Å². The molecule has 1 N–H and O–H groups in total. The zero-order valence-electron chi connectivity index (χ0n) is 12.7. The molecule has 0 bridgehead atoms. The molecule has 118 valence electrons. The first-order valence-electron chi connectivity index (χ1n) is 6.67. The second-order valence-electron chi connectivity index (χ2n) is 5.15. The van der Waals surface area contributed by atoms with Crippen molar-refractivity contribution in [2.45, 2.75) is 18.4 Å². The van der Waals surface area contributed by atoms with Crippen LogP contribution in [0.4, 0.5) is 10.2 Å². The zero-order chi connectivity index (χ0) is 16.3. The molecular formula is C15H18FN3O2S. The summed E-state index contributed by atoms with van der Waals surface area (Å²) in [6.45, 7) is 1.71. The molecule has 0 saturated carbocycles.